The van der Waals surface area contributed by atoms with Crippen molar-refractivity contribution in [2.24, 2.45) is 0 Å². The number of hydrogen-bond donors (Lipinski definition) is 0. The van der Waals surface area contributed by atoms with E-state index in [1.54, 1.807) is 14.2 Å². The number of fused-ring (bicyclic) bond motifs is 2. The summed E-state index contributed by atoms with van der Waals surface area (Å²) < 4.78 is 22.2. The molecule has 2 radical (unpaired) electrons. The summed E-state index contributed by atoms with van der Waals surface area (Å²) in [6.45, 7) is 15.7. The third-order valence-corrected chi connectivity index (χ3v) is 9.87. The molecule has 0 fully saturated rings. The van der Waals surface area contributed by atoms with Gasteiger partial charge in [-0.3, -0.25) is 0 Å². The summed E-state index contributed by atoms with van der Waals surface area (Å²) in [4.78, 5) is 0. The van der Waals surface area contributed by atoms with Gasteiger partial charge in [-0.2, -0.15) is 0 Å². The number of ether oxygens (including phenoxy) is 2. The summed E-state index contributed by atoms with van der Waals surface area (Å²) in [5.74, 6) is 5.46. The number of methoxy groups -OCH3 is 2. The zero-order valence-electron chi connectivity index (χ0n) is 33.8. The van der Waals surface area contributed by atoms with Gasteiger partial charge in [-0.1, -0.05) is 57.6 Å². The Hall–Kier alpha value is -4.06. The van der Waals surface area contributed by atoms with Crippen LogP contribution in [0.5, 0.6) is 11.5 Å². The number of aryl methyl sites for hydroxylation is 4. The average Bonchev–Trinajstić information content (AvgIpc) is 3.98. The van der Waals surface area contributed by atoms with Crippen LogP contribution in [0.25, 0.3) is 66.4 Å². The maximum absolute atomic E-state index is 5.82. The van der Waals surface area contributed by atoms with Crippen molar-refractivity contribution in [3.8, 4) is 56.4 Å². The first kappa shape index (κ1) is 48.1. The summed E-state index contributed by atoms with van der Waals surface area (Å²) in [5, 5.41) is 5.02. The van der Waals surface area contributed by atoms with Crippen molar-refractivity contribution in [2.45, 2.75) is 41.5 Å². The third-order valence-electron chi connectivity index (χ3n) is 9.87. The Morgan fingerprint density at radius 3 is 1.12 bits per heavy atom. The van der Waals surface area contributed by atoms with Crippen molar-refractivity contribution in [2.75, 3.05) is 14.2 Å². The molecule has 292 valence electrons. The molecule has 0 atom stereocenters. The number of benzene rings is 4. The molecule has 2 aromatic heterocycles. The zero-order chi connectivity index (χ0) is 37.1. The molecule has 0 N–H and O–H groups in total. The van der Waals surface area contributed by atoms with Gasteiger partial charge in [-0.15, -0.1) is 82.8 Å². The van der Waals surface area contributed by atoms with E-state index in [4.69, 9.17) is 18.3 Å². The molecular weight excluding hydrogens is 831 g/mol. The van der Waals surface area contributed by atoms with Crippen molar-refractivity contribution in [1.29, 1.82) is 0 Å². The summed E-state index contributed by atoms with van der Waals surface area (Å²) in [6, 6.07) is 38.1. The van der Waals surface area contributed by atoms with Crippen LogP contribution in [0.1, 0.15) is 33.8 Å². The van der Waals surface area contributed by atoms with Crippen LogP contribution >= 0.6 is 24.8 Å². The predicted molar refractivity (Wildman–Crippen MR) is 240 cm³/mol. The number of rotatable bonds is 6. The van der Waals surface area contributed by atoms with Gasteiger partial charge in [0.1, 0.15) is 11.5 Å². The Balaban J connectivity index is 0.000000347. The van der Waals surface area contributed by atoms with Crippen LogP contribution in [0.3, 0.4) is 0 Å². The first-order valence-corrected chi connectivity index (χ1v) is 21.4. The Morgan fingerprint density at radius 2 is 0.839 bits per heavy atom. The van der Waals surface area contributed by atoms with E-state index in [1.807, 2.05) is 62.4 Å². The van der Waals surface area contributed by atoms with E-state index in [-0.39, 0.29) is 39.7 Å². The average molecular weight is 881 g/mol. The molecule has 8 aromatic rings. The van der Waals surface area contributed by atoms with Gasteiger partial charge < -0.3 is 33.2 Å². The molecular formula is C48H50Cl2O4SiZr-4. The fourth-order valence-corrected chi connectivity index (χ4v) is 6.93. The van der Waals surface area contributed by atoms with Gasteiger partial charge in [0.2, 0.25) is 0 Å². The summed E-state index contributed by atoms with van der Waals surface area (Å²) >= 11 is 1.36. The number of halogens is 2. The molecule has 6 aromatic carbocycles. The Bertz CT molecular complexity index is 2310. The Morgan fingerprint density at radius 1 is 0.500 bits per heavy atom. The molecule has 0 aliphatic carbocycles. The molecule has 2 heterocycles. The van der Waals surface area contributed by atoms with Crippen LogP contribution in [-0.4, -0.2) is 21.1 Å². The van der Waals surface area contributed by atoms with E-state index >= 15 is 0 Å². The first-order chi connectivity index (χ1) is 25.1. The molecule has 8 rings (SSSR count). The second-order valence-corrected chi connectivity index (χ2v) is 13.2. The maximum atomic E-state index is 5.82. The van der Waals surface area contributed by atoms with E-state index in [1.165, 1.54) is 89.4 Å². The molecule has 0 spiro atoms. The Labute approximate surface area is 362 Å². The first-order valence-electron chi connectivity index (χ1n) is 17.2. The molecule has 0 amide bonds. The molecule has 56 heavy (non-hydrogen) atoms. The zero-order valence-corrected chi connectivity index (χ0v) is 38.9. The van der Waals surface area contributed by atoms with E-state index in [2.05, 4.69) is 95.2 Å². The topological polar surface area (TPSA) is 44.7 Å². The van der Waals surface area contributed by atoms with Crippen molar-refractivity contribution in [3.05, 3.63) is 158 Å². The van der Waals surface area contributed by atoms with Gasteiger partial charge in [0.25, 0.3) is 0 Å². The second kappa shape index (κ2) is 20.9. The quantitative estimate of drug-likeness (QED) is 0.123. The molecule has 0 unspecified atom stereocenters. The Kier molecular flexibility index (Phi) is 18.0. The van der Waals surface area contributed by atoms with E-state index < -0.39 is 0 Å². The van der Waals surface area contributed by atoms with Crippen molar-refractivity contribution in [3.63, 3.8) is 0 Å². The summed E-state index contributed by atoms with van der Waals surface area (Å²) in [7, 11) is 3.39. The molecule has 4 nitrogen and oxygen atoms in total. The molecule has 8 heteroatoms. The molecule has 0 saturated heterocycles. The van der Waals surface area contributed by atoms with Crippen molar-refractivity contribution in [1.82, 2.24) is 0 Å². The fourth-order valence-electron chi connectivity index (χ4n) is 6.93. The SMILES string of the molecule is COc1ccc(-c2c(C)c(C)cc3[cH-]c(-c4ccc(C)o4)cc23)cc1.COc1ccc(-c2c(C)c(C)cc3[cH-]c(-c4ccc(C)o4)cc23)cc1.Cl.Cl.[CH3-].[CH3-].[Si]=[Zr]. The fraction of sp³-hybridized carbons (Fsp3) is 0.167. The second-order valence-electron chi connectivity index (χ2n) is 13.2. The standard InChI is InChI=1S/2C23H21O2.2CH3.2ClH.Si.Zr/c2*1-14-11-18-12-19(22-10-5-15(2)25-22)13-21(18)23(16(14)3)17-6-8-20(24-4)9-7-17;;;;;;/h2*5-13H,1-4H3;2*1H3;2*1H;;/q4*-1;;;;. The third kappa shape index (κ3) is 9.90. The summed E-state index contributed by atoms with van der Waals surface area (Å²) in [5.41, 5.74) is 12.5. The van der Waals surface area contributed by atoms with E-state index in [0.717, 1.165) is 45.7 Å². The minimum absolute atomic E-state index is 0. The van der Waals surface area contributed by atoms with Gasteiger partial charge in [-0.05, 0) is 112 Å². The van der Waals surface area contributed by atoms with Crippen LogP contribution in [0.2, 0.25) is 0 Å². The predicted octanol–water partition coefficient (Wildman–Crippen LogP) is 14.2. The van der Waals surface area contributed by atoms with Gasteiger partial charge in [0.05, 0.1) is 37.3 Å². The molecule has 0 aliphatic heterocycles. The van der Waals surface area contributed by atoms with Gasteiger partial charge in [0.15, 0.2) is 0 Å². The van der Waals surface area contributed by atoms with Crippen LogP contribution in [0.4, 0.5) is 0 Å². The van der Waals surface area contributed by atoms with Crippen LogP contribution < -0.4 is 9.47 Å². The van der Waals surface area contributed by atoms with Crippen LogP contribution in [-0.2, 0) is 23.3 Å². The monoisotopic (exact) mass is 878 g/mol. The molecule has 0 bridgehead atoms. The van der Waals surface area contributed by atoms with Crippen LogP contribution in [0.15, 0.2) is 118 Å². The van der Waals surface area contributed by atoms with Gasteiger partial charge in [0, 0.05) is 0 Å². The normalized spacial score (nSPS) is 10.1. The molecule has 0 aliphatic rings. The van der Waals surface area contributed by atoms with Crippen LogP contribution in [0, 0.1) is 56.4 Å². The van der Waals surface area contributed by atoms with E-state index in [0.29, 0.717) is 0 Å². The van der Waals surface area contributed by atoms with E-state index in [9.17, 15) is 0 Å². The number of hydrogen-bond acceptors (Lipinski definition) is 4. The summed E-state index contributed by atoms with van der Waals surface area (Å²) in [6.07, 6.45) is 0. The van der Waals surface area contributed by atoms with Gasteiger partial charge >= 0.3 is 30.2 Å². The van der Waals surface area contributed by atoms with Crippen molar-refractivity contribution < 1.29 is 41.6 Å². The van der Waals surface area contributed by atoms with Crippen molar-refractivity contribution >= 4 is 53.2 Å². The van der Waals surface area contributed by atoms with Gasteiger partial charge in [-0.25, -0.2) is 0 Å². The number of furan rings is 2. The molecule has 0 saturated carbocycles. The minimum atomic E-state index is 0.